The molecule has 19 heteroatoms. The largest absolute Gasteiger partial charge is 0.394 e. The highest BCUT2D eigenvalue weighted by Crippen LogP contribution is 2.33. The number of nitrogens with one attached hydrogen (secondary N) is 1. The average Bonchev–Trinajstić information content (AvgIpc) is 0.882. The molecule has 0 aliphatic carbocycles. The average molecular weight is 1410 g/mol. The van der Waals surface area contributed by atoms with Gasteiger partial charge in [0.1, 0.15) is 73.2 Å². The first-order valence-corrected chi connectivity index (χ1v) is 40.7. The molecule has 17 atom stereocenters. The van der Waals surface area contributed by atoms with Gasteiger partial charge >= 0.3 is 0 Å². The normalized spacial score (nSPS) is 26.7. The summed E-state index contributed by atoms with van der Waals surface area (Å²) >= 11 is 0. The standard InChI is InChI=1S/C80H149NO18/c1-3-5-7-9-11-13-15-17-19-21-23-25-27-29-30-31-32-33-34-36-38-40-42-44-46-48-50-52-54-56-58-68(86)81-63(64(85)57-55-53-51-49-47-45-43-41-39-37-35-28-26-24-22-20-18-16-14-12-10-8-6-4-2)62-94-78-74(92)71(89)76(66(60-83)96-78)99-80-75(93)72(90)77(67(61-84)97-80)98-79-73(91)70(88)69(87)65(59-82)95-79/h39,41,47,49,55,57,63-67,69-80,82-85,87-93H,3-38,40,42-46,48,50-54,56,58-62H2,1-2H3,(H,81,86)/b41-39+,49-47+,57-55+. The highest BCUT2D eigenvalue weighted by Gasteiger charge is 2.54. The second-order valence-electron chi connectivity index (χ2n) is 29.2. The number of hydrogen-bond acceptors (Lipinski definition) is 18. The molecule has 0 saturated carbocycles. The van der Waals surface area contributed by atoms with Gasteiger partial charge in [-0.3, -0.25) is 4.79 Å². The maximum atomic E-state index is 13.5. The smallest absolute Gasteiger partial charge is 0.220 e. The summed E-state index contributed by atoms with van der Waals surface area (Å²) in [6, 6.07) is -0.996. The van der Waals surface area contributed by atoms with Gasteiger partial charge in [0, 0.05) is 6.42 Å². The van der Waals surface area contributed by atoms with Crippen LogP contribution in [0.5, 0.6) is 0 Å². The molecule has 0 aromatic carbocycles. The van der Waals surface area contributed by atoms with Crippen LogP contribution in [0.25, 0.3) is 0 Å². The van der Waals surface area contributed by atoms with E-state index in [1.54, 1.807) is 6.08 Å². The van der Waals surface area contributed by atoms with Crippen LogP contribution in [0.15, 0.2) is 36.5 Å². The highest BCUT2D eigenvalue weighted by atomic mass is 16.8. The fraction of sp³-hybridized carbons (Fsp3) is 0.912. The van der Waals surface area contributed by atoms with Crippen molar-refractivity contribution in [2.75, 3.05) is 26.4 Å². The fourth-order valence-electron chi connectivity index (χ4n) is 13.9. The lowest BCUT2D eigenvalue weighted by atomic mass is 9.96. The number of aliphatic hydroxyl groups excluding tert-OH is 11. The van der Waals surface area contributed by atoms with Crippen LogP contribution in [0.3, 0.4) is 0 Å². The van der Waals surface area contributed by atoms with Crippen LogP contribution >= 0.6 is 0 Å². The van der Waals surface area contributed by atoms with Crippen LogP contribution in [-0.4, -0.2) is 193 Å². The molecular weight excluding hydrogens is 1260 g/mol. The summed E-state index contributed by atoms with van der Waals surface area (Å²) in [4.78, 5) is 13.5. The highest BCUT2D eigenvalue weighted by molar-refractivity contribution is 5.76. The van der Waals surface area contributed by atoms with Crippen molar-refractivity contribution >= 4 is 5.91 Å². The third-order valence-corrected chi connectivity index (χ3v) is 20.4. The lowest BCUT2D eigenvalue weighted by molar-refractivity contribution is -0.379. The number of ether oxygens (including phenoxy) is 6. The van der Waals surface area contributed by atoms with Crippen LogP contribution in [0, 0.1) is 0 Å². The van der Waals surface area contributed by atoms with Gasteiger partial charge in [-0.25, -0.2) is 0 Å². The molecule has 582 valence electrons. The summed E-state index contributed by atoms with van der Waals surface area (Å²) in [5.74, 6) is -0.282. The summed E-state index contributed by atoms with van der Waals surface area (Å²) in [7, 11) is 0. The van der Waals surface area contributed by atoms with Gasteiger partial charge in [-0.1, -0.05) is 320 Å². The zero-order valence-electron chi connectivity index (χ0n) is 62.2. The molecular formula is C80H149NO18. The first-order chi connectivity index (χ1) is 48.3. The van der Waals surface area contributed by atoms with Gasteiger partial charge in [-0.05, 0) is 44.9 Å². The third kappa shape index (κ3) is 41.5. The minimum Gasteiger partial charge on any atom is -0.394 e. The van der Waals surface area contributed by atoms with E-state index in [-0.39, 0.29) is 18.9 Å². The summed E-state index contributed by atoms with van der Waals surface area (Å²) in [6.45, 7) is 1.76. The number of amides is 1. The Balaban J connectivity index is 1.38. The van der Waals surface area contributed by atoms with Crippen LogP contribution in [0.1, 0.15) is 335 Å². The molecule has 3 saturated heterocycles. The number of aliphatic hydroxyl groups is 11. The number of carbonyl (C=O) groups is 1. The maximum absolute atomic E-state index is 13.5. The molecule has 1 amide bonds. The Kier molecular flexibility index (Phi) is 56.4. The molecule has 19 nitrogen and oxygen atoms in total. The third-order valence-electron chi connectivity index (χ3n) is 20.4. The zero-order valence-corrected chi connectivity index (χ0v) is 62.2. The van der Waals surface area contributed by atoms with Gasteiger partial charge < -0.3 is 89.9 Å². The van der Waals surface area contributed by atoms with E-state index in [1.807, 2.05) is 6.08 Å². The number of hydrogen-bond donors (Lipinski definition) is 12. The van der Waals surface area contributed by atoms with Crippen molar-refractivity contribution in [2.24, 2.45) is 0 Å². The lowest BCUT2D eigenvalue weighted by Crippen LogP contribution is -2.66. The van der Waals surface area contributed by atoms with Crippen molar-refractivity contribution in [3.8, 4) is 0 Å². The van der Waals surface area contributed by atoms with E-state index >= 15 is 0 Å². The Hall–Kier alpha value is -1.99. The molecule has 3 rings (SSSR count). The predicted molar refractivity (Wildman–Crippen MR) is 393 cm³/mol. The van der Waals surface area contributed by atoms with Crippen molar-refractivity contribution in [3.05, 3.63) is 36.5 Å². The van der Waals surface area contributed by atoms with E-state index in [9.17, 15) is 61.0 Å². The van der Waals surface area contributed by atoms with Crippen molar-refractivity contribution in [1.82, 2.24) is 5.32 Å². The van der Waals surface area contributed by atoms with Gasteiger partial charge in [0.05, 0.1) is 38.6 Å². The molecule has 99 heavy (non-hydrogen) atoms. The lowest BCUT2D eigenvalue weighted by Gasteiger charge is -2.48. The minimum atomic E-state index is -1.98. The van der Waals surface area contributed by atoms with Crippen molar-refractivity contribution in [2.45, 2.75) is 439 Å². The summed E-state index contributed by atoms with van der Waals surface area (Å²) in [6.07, 6.45) is 48.6. The van der Waals surface area contributed by atoms with Crippen LogP contribution < -0.4 is 5.32 Å². The van der Waals surface area contributed by atoms with E-state index in [1.165, 1.54) is 257 Å². The van der Waals surface area contributed by atoms with Crippen molar-refractivity contribution < 1.29 is 89.4 Å². The van der Waals surface area contributed by atoms with Crippen LogP contribution in [-0.2, 0) is 33.2 Å². The molecule has 3 fully saturated rings. The molecule has 0 aromatic rings. The van der Waals surface area contributed by atoms with E-state index in [2.05, 4.69) is 43.5 Å². The SMILES string of the molecule is CCCCCCCCCCCCCCCC/C=C/CC/C=C/CC/C=C/C(O)C(COC1OC(CO)C(OC2OC(CO)C(OC3OC(CO)C(O)C(O)C3O)C(O)C2O)C(O)C1O)NC(=O)CCCCCCCCCCCCCCCCCCCCCCCCCCCCCCCC. The number of rotatable bonds is 65. The summed E-state index contributed by atoms with van der Waals surface area (Å²) in [5, 5.41) is 121. The Morgan fingerprint density at radius 1 is 0.354 bits per heavy atom. The number of carbonyl (C=O) groups excluding carboxylic acids is 1. The molecule has 3 aliphatic rings. The molecule has 17 unspecified atom stereocenters. The minimum absolute atomic E-state index is 0.236. The van der Waals surface area contributed by atoms with Gasteiger partial charge in [0.25, 0.3) is 0 Å². The van der Waals surface area contributed by atoms with E-state index < -0.39 is 124 Å². The van der Waals surface area contributed by atoms with Crippen molar-refractivity contribution in [1.29, 1.82) is 0 Å². The summed E-state index contributed by atoms with van der Waals surface area (Å²) < 4.78 is 34.4. The van der Waals surface area contributed by atoms with Crippen LogP contribution in [0.2, 0.25) is 0 Å². The molecule has 0 bridgehead atoms. The maximum Gasteiger partial charge on any atom is 0.220 e. The van der Waals surface area contributed by atoms with Gasteiger partial charge in [-0.2, -0.15) is 0 Å². The quantitative estimate of drug-likeness (QED) is 0.0199. The molecule has 0 radical (unpaired) electrons. The Labute approximate surface area is 600 Å². The monoisotopic (exact) mass is 1410 g/mol. The first kappa shape index (κ1) is 91.2. The topological polar surface area (TPSA) is 307 Å². The van der Waals surface area contributed by atoms with Gasteiger partial charge in [0.15, 0.2) is 18.9 Å². The second kappa shape index (κ2) is 61.2. The zero-order chi connectivity index (χ0) is 71.8. The molecule has 12 N–H and O–H groups in total. The number of unbranched alkanes of at least 4 members (excludes halogenated alkanes) is 45. The first-order valence-electron chi connectivity index (χ1n) is 40.7. The second-order valence-corrected chi connectivity index (χ2v) is 29.2. The van der Waals surface area contributed by atoms with Crippen molar-refractivity contribution in [3.63, 3.8) is 0 Å². The summed E-state index contributed by atoms with van der Waals surface area (Å²) in [5.41, 5.74) is 0. The van der Waals surface area contributed by atoms with Gasteiger partial charge in [0.2, 0.25) is 5.91 Å². The molecule has 3 heterocycles. The molecule has 3 aliphatic heterocycles. The van der Waals surface area contributed by atoms with Gasteiger partial charge in [-0.15, -0.1) is 0 Å². The molecule has 0 aromatic heterocycles. The van der Waals surface area contributed by atoms with Crippen LogP contribution in [0.4, 0.5) is 0 Å². The van der Waals surface area contributed by atoms with E-state index in [0.717, 1.165) is 44.9 Å². The van der Waals surface area contributed by atoms with E-state index in [0.29, 0.717) is 12.8 Å². The Morgan fingerprint density at radius 3 is 1.01 bits per heavy atom. The Morgan fingerprint density at radius 2 is 0.646 bits per heavy atom. The Bertz CT molecular complexity index is 1930. The fourth-order valence-corrected chi connectivity index (χ4v) is 13.9. The number of allylic oxidation sites excluding steroid dienone is 5. The van der Waals surface area contributed by atoms with E-state index in [4.69, 9.17) is 28.4 Å². The predicted octanol–water partition coefficient (Wildman–Crippen LogP) is 13.5. The molecule has 0 spiro atoms.